The van der Waals surface area contributed by atoms with Crippen LogP contribution in [0.5, 0.6) is 0 Å². The lowest BCUT2D eigenvalue weighted by Gasteiger charge is -1.95. The Kier molecular flexibility index (Phi) is 2.28. The van der Waals surface area contributed by atoms with E-state index in [4.69, 9.17) is 0 Å². The van der Waals surface area contributed by atoms with Gasteiger partial charge in [0.25, 0.3) is 5.12 Å². The third-order valence-corrected chi connectivity index (χ3v) is 2.26. The van der Waals surface area contributed by atoms with Crippen LogP contribution in [0.3, 0.4) is 0 Å². The maximum Gasteiger partial charge on any atom is 0.276 e. The van der Waals surface area contributed by atoms with Gasteiger partial charge in [0.15, 0.2) is 0 Å². The first-order valence-electron chi connectivity index (χ1n) is 3.31. The number of hydrogen-bond acceptors (Lipinski definition) is 3. The SMILES string of the molecule is CS(=O)(=O)C(=O)c1ccccc1. The summed E-state index contributed by atoms with van der Waals surface area (Å²) in [4.78, 5) is 11.1. The average molecular weight is 184 g/mol. The van der Waals surface area contributed by atoms with Crippen LogP contribution in [-0.2, 0) is 9.84 Å². The molecule has 0 fully saturated rings. The van der Waals surface area contributed by atoms with Crippen molar-refractivity contribution in [1.29, 1.82) is 0 Å². The second kappa shape index (κ2) is 3.06. The Hall–Kier alpha value is -1.16. The van der Waals surface area contributed by atoms with Gasteiger partial charge in [-0.25, -0.2) is 8.42 Å². The number of benzene rings is 1. The lowest BCUT2D eigenvalue weighted by molar-refractivity contribution is 0.107. The molecule has 3 nitrogen and oxygen atoms in total. The molecule has 0 aliphatic rings. The number of sulfone groups is 1. The summed E-state index contributed by atoms with van der Waals surface area (Å²) in [6.07, 6.45) is 0.905. The highest BCUT2D eigenvalue weighted by molar-refractivity contribution is 8.06. The Balaban J connectivity index is 3.11. The minimum Gasteiger partial charge on any atom is -0.276 e. The Labute approximate surface area is 70.9 Å². The Morgan fingerprint density at radius 3 is 2.08 bits per heavy atom. The molecule has 1 rings (SSSR count). The number of hydrogen-bond donors (Lipinski definition) is 0. The van der Waals surface area contributed by atoms with Gasteiger partial charge in [-0.15, -0.1) is 0 Å². The van der Waals surface area contributed by atoms with E-state index in [-0.39, 0.29) is 5.56 Å². The Morgan fingerprint density at radius 2 is 1.67 bits per heavy atom. The van der Waals surface area contributed by atoms with E-state index >= 15 is 0 Å². The molecule has 0 bridgehead atoms. The smallest absolute Gasteiger partial charge is 0.276 e. The standard InChI is InChI=1S/C8H8O3S/c1-12(10,11)8(9)7-5-3-2-4-6-7/h2-6H,1H3. The molecule has 12 heavy (non-hydrogen) atoms. The quantitative estimate of drug-likeness (QED) is 0.650. The molecule has 0 aliphatic heterocycles. The molecule has 0 amide bonds. The van der Waals surface area contributed by atoms with Gasteiger partial charge in [-0.05, 0) is 0 Å². The van der Waals surface area contributed by atoms with Crippen LogP contribution in [0.25, 0.3) is 0 Å². The zero-order chi connectivity index (χ0) is 9.19. The molecule has 0 N–H and O–H groups in total. The predicted octanol–water partition coefficient (Wildman–Crippen LogP) is 0.871. The maximum atomic E-state index is 11.1. The largest absolute Gasteiger partial charge is 0.276 e. The summed E-state index contributed by atoms with van der Waals surface area (Å²) in [7, 11) is -3.59. The fraction of sp³-hybridized carbons (Fsp3) is 0.125. The predicted molar refractivity (Wildman–Crippen MR) is 45.6 cm³/mol. The van der Waals surface area contributed by atoms with Gasteiger partial charge in [0.1, 0.15) is 0 Å². The third-order valence-electron chi connectivity index (χ3n) is 1.35. The topological polar surface area (TPSA) is 51.2 Å². The van der Waals surface area contributed by atoms with E-state index in [1.807, 2.05) is 0 Å². The van der Waals surface area contributed by atoms with Crippen molar-refractivity contribution in [3.63, 3.8) is 0 Å². The third kappa shape index (κ3) is 1.92. The second-order valence-electron chi connectivity index (χ2n) is 2.43. The van der Waals surface area contributed by atoms with Crippen molar-refractivity contribution < 1.29 is 13.2 Å². The highest BCUT2D eigenvalue weighted by Crippen LogP contribution is 2.03. The van der Waals surface area contributed by atoms with E-state index in [9.17, 15) is 13.2 Å². The summed E-state index contributed by atoms with van der Waals surface area (Å²) in [5.41, 5.74) is 0.208. The molecule has 0 heterocycles. The fourth-order valence-corrected chi connectivity index (χ4v) is 1.35. The Bertz CT molecular complexity index is 378. The van der Waals surface area contributed by atoms with Crippen molar-refractivity contribution in [2.24, 2.45) is 0 Å². The molecule has 0 aliphatic carbocycles. The van der Waals surface area contributed by atoms with Crippen LogP contribution in [0, 0.1) is 0 Å². The Morgan fingerprint density at radius 1 is 1.17 bits per heavy atom. The van der Waals surface area contributed by atoms with Crippen LogP contribution in [-0.4, -0.2) is 19.8 Å². The average Bonchev–Trinajstić information content (AvgIpc) is 2.03. The van der Waals surface area contributed by atoms with E-state index in [0.717, 1.165) is 6.26 Å². The first-order valence-corrected chi connectivity index (χ1v) is 5.20. The summed E-state index contributed by atoms with van der Waals surface area (Å²) < 4.78 is 21.6. The monoisotopic (exact) mass is 184 g/mol. The van der Waals surface area contributed by atoms with Crippen LogP contribution in [0.4, 0.5) is 0 Å². The zero-order valence-electron chi connectivity index (χ0n) is 6.52. The van der Waals surface area contributed by atoms with Crippen molar-refractivity contribution in [2.45, 2.75) is 0 Å². The van der Waals surface area contributed by atoms with Gasteiger partial charge in [0.2, 0.25) is 9.84 Å². The van der Waals surface area contributed by atoms with E-state index in [2.05, 4.69) is 0 Å². The summed E-state index contributed by atoms with van der Waals surface area (Å²) in [6, 6.07) is 7.92. The van der Waals surface area contributed by atoms with Crippen LogP contribution in [0.2, 0.25) is 0 Å². The molecule has 4 heteroatoms. The summed E-state index contributed by atoms with van der Waals surface area (Å²) in [5.74, 6) is 0. The lowest BCUT2D eigenvalue weighted by Crippen LogP contribution is -2.12. The molecule has 1 aromatic carbocycles. The molecular formula is C8H8O3S. The minimum absolute atomic E-state index is 0.208. The van der Waals surface area contributed by atoms with Crippen LogP contribution >= 0.6 is 0 Å². The number of carbonyl (C=O) groups excluding carboxylic acids is 1. The summed E-state index contributed by atoms with van der Waals surface area (Å²) in [6.45, 7) is 0. The highest BCUT2D eigenvalue weighted by Gasteiger charge is 2.16. The van der Waals surface area contributed by atoms with Gasteiger partial charge in [0, 0.05) is 11.8 Å². The van der Waals surface area contributed by atoms with E-state index in [1.54, 1.807) is 18.2 Å². The van der Waals surface area contributed by atoms with Gasteiger partial charge in [-0.3, -0.25) is 4.79 Å². The fourth-order valence-electron chi connectivity index (χ4n) is 0.788. The van der Waals surface area contributed by atoms with Crippen LogP contribution < -0.4 is 0 Å². The van der Waals surface area contributed by atoms with Crippen molar-refractivity contribution in [3.8, 4) is 0 Å². The number of rotatable bonds is 1. The van der Waals surface area contributed by atoms with Crippen LogP contribution in [0.15, 0.2) is 30.3 Å². The van der Waals surface area contributed by atoms with E-state index in [0.29, 0.717) is 0 Å². The maximum absolute atomic E-state index is 11.1. The molecular weight excluding hydrogens is 176 g/mol. The molecule has 0 radical (unpaired) electrons. The molecule has 0 atom stereocenters. The molecule has 1 aromatic rings. The normalized spacial score (nSPS) is 11.1. The first kappa shape index (κ1) is 8.93. The van der Waals surface area contributed by atoms with Gasteiger partial charge < -0.3 is 0 Å². The molecule has 0 saturated carbocycles. The lowest BCUT2D eigenvalue weighted by atomic mass is 10.2. The van der Waals surface area contributed by atoms with Crippen molar-refractivity contribution in [2.75, 3.05) is 6.26 Å². The van der Waals surface area contributed by atoms with Gasteiger partial charge >= 0.3 is 0 Å². The molecule has 0 spiro atoms. The van der Waals surface area contributed by atoms with Gasteiger partial charge in [-0.1, -0.05) is 30.3 Å². The van der Waals surface area contributed by atoms with Crippen LogP contribution in [0.1, 0.15) is 10.4 Å². The van der Waals surface area contributed by atoms with Gasteiger partial charge in [0.05, 0.1) is 0 Å². The van der Waals surface area contributed by atoms with Gasteiger partial charge in [-0.2, -0.15) is 0 Å². The zero-order valence-corrected chi connectivity index (χ0v) is 7.34. The molecule has 0 saturated heterocycles. The van der Waals surface area contributed by atoms with E-state index in [1.165, 1.54) is 12.1 Å². The van der Waals surface area contributed by atoms with Crippen molar-refractivity contribution in [3.05, 3.63) is 35.9 Å². The first-order chi connectivity index (χ1) is 5.52. The summed E-state index contributed by atoms with van der Waals surface area (Å²) >= 11 is 0. The minimum atomic E-state index is -3.59. The highest BCUT2D eigenvalue weighted by atomic mass is 32.2. The summed E-state index contributed by atoms with van der Waals surface area (Å²) in [5, 5.41) is -0.830. The molecule has 0 aromatic heterocycles. The molecule has 64 valence electrons. The van der Waals surface area contributed by atoms with E-state index < -0.39 is 15.0 Å². The number of carbonyl (C=O) groups is 1. The second-order valence-corrected chi connectivity index (χ2v) is 4.34. The van der Waals surface area contributed by atoms with Crippen molar-refractivity contribution >= 4 is 15.0 Å². The molecule has 0 unspecified atom stereocenters. The van der Waals surface area contributed by atoms with Crippen molar-refractivity contribution in [1.82, 2.24) is 0 Å².